The third-order valence-corrected chi connectivity index (χ3v) is 8.33. The van der Waals surface area contributed by atoms with E-state index in [0.717, 1.165) is 31.2 Å². The number of aliphatic hydroxyl groups excluding tert-OH is 1. The largest absolute Gasteiger partial charge is 0.388 e. The van der Waals surface area contributed by atoms with Crippen molar-refractivity contribution in [1.29, 1.82) is 0 Å². The average molecular weight is 513 g/mol. The van der Waals surface area contributed by atoms with Gasteiger partial charge in [0.05, 0.1) is 24.0 Å². The molecule has 36 heavy (non-hydrogen) atoms. The summed E-state index contributed by atoms with van der Waals surface area (Å²) < 4.78 is 0. The summed E-state index contributed by atoms with van der Waals surface area (Å²) in [5.41, 5.74) is -0.124. The molecule has 0 spiro atoms. The van der Waals surface area contributed by atoms with Crippen molar-refractivity contribution in [3.8, 4) is 0 Å². The minimum absolute atomic E-state index is 0.0354. The van der Waals surface area contributed by atoms with Gasteiger partial charge in [0.25, 0.3) is 0 Å². The Kier molecular flexibility index (Phi) is 8.08. The number of piperidine rings is 1. The van der Waals surface area contributed by atoms with Crippen LogP contribution in [-0.2, 0) is 15.2 Å². The van der Waals surface area contributed by atoms with Crippen molar-refractivity contribution in [3.05, 3.63) is 70.7 Å². The molecule has 1 heterocycles. The van der Waals surface area contributed by atoms with E-state index in [1.165, 1.54) is 0 Å². The number of nitrogens with one attached hydrogen (secondary N) is 1. The van der Waals surface area contributed by atoms with E-state index in [1.807, 2.05) is 49.1 Å². The van der Waals surface area contributed by atoms with Gasteiger partial charge in [-0.3, -0.25) is 9.59 Å². The molecule has 2 aromatic carbocycles. The number of rotatable bonds is 6. The fraction of sp³-hybridized carbons (Fsp3) is 0.517. The average Bonchev–Trinajstić information content (AvgIpc) is 2.86. The Bertz CT molecular complexity index is 1060. The number of nitrogens with zero attached hydrogens (tertiary/aromatic N) is 1. The Labute approximate surface area is 218 Å². The van der Waals surface area contributed by atoms with Crippen LogP contribution in [0.15, 0.2) is 54.6 Å². The molecule has 0 radical (unpaired) electrons. The van der Waals surface area contributed by atoms with E-state index in [-0.39, 0.29) is 30.2 Å². The van der Waals surface area contributed by atoms with E-state index in [9.17, 15) is 19.8 Å². The fourth-order valence-corrected chi connectivity index (χ4v) is 5.97. The predicted octanol–water partition coefficient (Wildman–Crippen LogP) is 4.58. The van der Waals surface area contributed by atoms with Crippen LogP contribution in [0.2, 0.25) is 5.02 Å². The number of halogens is 1. The molecule has 2 aromatic rings. The SMILES string of the molecule is CC1(C)CN(C(=O)[C@H]2CCCC[C@H]2NC(=O)C[C@H](O)c2ccccc2)CC[C@]1(O)c1ccc(Cl)cc1. The fourth-order valence-electron chi connectivity index (χ4n) is 5.84. The molecular formula is C29H37ClN2O4. The highest BCUT2D eigenvalue weighted by molar-refractivity contribution is 6.30. The minimum Gasteiger partial charge on any atom is -0.388 e. The van der Waals surface area contributed by atoms with Crippen molar-refractivity contribution in [1.82, 2.24) is 10.2 Å². The Morgan fingerprint density at radius 1 is 1.08 bits per heavy atom. The lowest BCUT2D eigenvalue weighted by Gasteiger charge is -2.51. The van der Waals surface area contributed by atoms with Gasteiger partial charge >= 0.3 is 0 Å². The quantitative estimate of drug-likeness (QED) is 0.528. The summed E-state index contributed by atoms with van der Waals surface area (Å²) in [7, 11) is 0. The van der Waals surface area contributed by atoms with Crippen molar-refractivity contribution >= 4 is 23.4 Å². The Hall–Kier alpha value is -2.41. The lowest BCUT2D eigenvalue weighted by molar-refractivity contribution is -0.158. The van der Waals surface area contributed by atoms with Crippen LogP contribution in [0.1, 0.15) is 69.6 Å². The smallest absolute Gasteiger partial charge is 0.227 e. The molecule has 2 amide bonds. The van der Waals surface area contributed by atoms with Gasteiger partial charge in [0, 0.05) is 29.6 Å². The van der Waals surface area contributed by atoms with E-state index in [1.54, 1.807) is 24.3 Å². The topological polar surface area (TPSA) is 89.9 Å². The summed E-state index contributed by atoms with van der Waals surface area (Å²) >= 11 is 6.05. The van der Waals surface area contributed by atoms with Crippen LogP contribution >= 0.6 is 11.6 Å². The summed E-state index contributed by atoms with van der Waals surface area (Å²) in [6.07, 6.45) is 2.89. The minimum atomic E-state index is -1.07. The maximum Gasteiger partial charge on any atom is 0.227 e. The molecule has 0 aromatic heterocycles. The van der Waals surface area contributed by atoms with Crippen molar-refractivity contribution in [2.75, 3.05) is 13.1 Å². The van der Waals surface area contributed by atoms with Crippen LogP contribution in [0, 0.1) is 11.3 Å². The molecule has 194 valence electrons. The number of hydrogen-bond donors (Lipinski definition) is 3. The second-order valence-electron chi connectivity index (χ2n) is 11.0. The molecule has 0 bridgehead atoms. The molecule has 1 saturated heterocycles. The molecule has 4 atom stereocenters. The molecule has 0 unspecified atom stereocenters. The van der Waals surface area contributed by atoms with Gasteiger partial charge in [-0.05, 0) is 42.5 Å². The van der Waals surface area contributed by atoms with Crippen molar-refractivity contribution in [3.63, 3.8) is 0 Å². The number of hydrogen-bond acceptors (Lipinski definition) is 4. The molecule has 3 N–H and O–H groups in total. The van der Waals surface area contributed by atoms with E-state index in [4.69, 9.17) is 11.6 Å². The van der Waals surface area contributed by atoms with E-state index < -0.39 is 17.1 Å². The molecule has 1 aliphatic carbocycles. The first-order valence-electron chi connectivity index (χ1n) is 12.9. The van der Waals surface area contributed by atoms with Crippen LogP contribution in [0.3, 0.4) is 0 Å². The Morgan fingerprint density at radius 2 is 1.75 bits per heavy atom. The number of carbonyl (C=O) groups excluding carboxylic acids is 2. The predicted molar refractivity (Wildman–Crippen MR) is 140 cm³/mol. The van der Waals surface area contributed by atoms with Crippen LogP contribution in [-0.4, -0.2) is 46.1 Å². The number of likely N-dealkylation sites (tertiary alicyclic amines) is 1. The van der Waals surface area contributed by atoms with Crippen LogP contribution in [0.5, 0.6) is 0 Å². The van der Waals surface area contributed by atoms with Crippen molar-refractivity contribution in [2.24, 2.45) is 11.3 Å². The van der Waals surface area contributed by atoms with Gasteiger partial charge in [-0.25, -0.2) is 0 Å². The zero-order valence-corrected chi connectivity index (χ0v) is 21.9. The highest BCUT2D eigenvalue weighted by Gasteiger charge is 2.50. The molecule has 6 nitrogen and oxygen atoms in total. The lowest BCUT2D eigenvalue weighted by Crippen LogP contribution is -2.59. The maximum absolute atomic E-state index is 13.7. The van der Waals surface area contributed by atoms with Gasteiger partial charge in [0.2, 0.25) is 11.8 Å². The normalized spacial score (nSPS) is 26.8. The molecule has 1 saturated carbocycles. The second kappa shape index (κ2) is 10.9. The van der Waals surface area contributed by atoms with Crippen LogP contribution in [0.25, 0.3) is 0 Å². The summed E-state index contributed by atoms with van der Waals surface area (Å²) in [5, 5.41) is 25.8. The van der Waals surface area contributed by atoms with Gasteiger partial charge < -0.3 is 20.4 Å². The second-order valence-corrected chi connectivity index (χ2v) is 11.4. The van der Waals surface area contributed by atoms with E-state index in [2.05, 4.69) is 5.32 Å². The third kappa shape index (κ3) is 5.61. The van der Waals surface area contributed by atoms with Gasteiger partial charge in [0.15, 0.2) is 0 Å². The molecule has 4 rings (SSSR count). The molecule has 7 heteroatoms. The standard InChI is InChI=1S/C29H37ClN2O4/c1-28(2)19-32(17-16-29(28,36)21-12-14-22(30)15-13-21)27(35)23-10-6-7-11-24(23)31-26(34)18-25(33)20-8-4-3-5-9-20/h3-5,8-9,12-15,23-25,33,36H,6-7,10-11,16-19H2,1-2H3,(H,31,34)/t23-,24+,25-,29-/m0/s1. The first-order valence-corrected chi connectivity index (χ1v) is 13.3. The zero-order valence-electron chi connectivity index (χ0n) is 21.1. The van der Waals surface area contributed by atoms with Gasteiger partial charge in [-0.1, -0.05) is 80.8 Å². The highest BCUT2D eigenvalue weighted by atomic mass is 35.5. The Balaban J connectivity index is 1.41. The highest BCUT2D eigenvalue weighted by Crippen LogP contribution is 2.46. The monoisotopic (exact) mass is 512 g/mol. The number of amides is 2. The van der Waals surface area contributed by atoms with Crippen molar-refractivity contribution < 1.29 is 19.8 Å². The molecular weight excluding hydrogens is 476 g/mol. The number of carbonyl (C=O) groups is 2. The lowest BCUT2D eigenvalue weighted by atomic mass is 9.66. The third-order valence-electron chi connectivity index (χ3n) is 8.08. The van der Waals surface area contributed by atoms with Gasteiger partial charge in [-0.15, -0.1) is 0 Å². The van der Waals surface area contributed by atoms with E-state index in [0.29, 0.717) is 30.1 Å². The Morgan fingerprint density at radius 3 is 2.42 bits per heavy atom. The molecule has 2 fully saturated rings. The molecule has 2 aliphatic rings. The summed E-state index contributed by atoms with van der Waals surface area (Å²) in [6, 6.07) is 16.2. The summed E-state index contributed by atoms with van der Waals surface area (Å²) in [6.45, 7) is 4.86. The first kappa shape index (κ1) is 26.6. The van der Waals surface area contributed by atoms with Gasteiger partial charge in [-0.2, -0.15) is 0 Å². The maximum atomic E-state index is 13.7. The first-order chi connectivity index (χ1) is 17.1. The molecule has 1 aliphatic heterocycles. The number of aliphatic hydroxyl groups is 2. The van der Waals surface area contributed by atoms with Gasteiger partial charge in [0.1, 0.15) is 0 Å². The van der Waals surface area contributed by atoms with Crippen molar-refractivity contribution in [2.45, 2.75) is 70.1 Å². The van der Waals surface area contributed by atoms with Crippen LogP contribution < -0.4 is 5.32 Å². The summed E-state index contributed by atoms with van der Waals surface area (Å²) in [4.78, 5) is 28.3. The summed E-state index contributed by atoms with van der Waals surface area (Å²) in [5.74, 6) is -0.504. The number of benzene rings is 2. The zero-order chi connectivity index (χ0) is 25.9. The van der Waals surface area contributed by atoms with E-state index >= 15 is 0 Å². The van der Waals surface area contributed by atoms with Crippen LogP contribution in [0.4, 0.5) is 0 Å².